The second kappa shape index (κ2) is 10.4. The van der Waals surface area contributed by atoms with E-state index in [9.17, 15) is 4.79 Å². The number of nitrogens with zero attached hydrogens (tertiary/aromatic N) is 8. The molecule has 0 radical (unpaired) electrons. The topological polar surface area (TPSA) is 96.5 Å². The zero-order chi connectivity index (χ0) is 20.9. The third-order valence-corrected chi connectivity index (χ3v) is 4.82. The van der Waals surface area contributed by atoms with Gasteiger partial charge in [-0.2, -0.15) is 10.2 Å². The van der Waals surface area contributed by atoms with Crippen LogP contribution in [-0.2, 0) is 18.4 Å². The smallest absolute Gasteiger partial charge is 0.246 e. The molecule has 0 aromatic carbocycles. The van der Waals surface area contributed by atoms with Crippen LogP contribution in [0.15, 0.2) is 54.2 Å². The Bertz CT molecular complexity index is 1030. The summed E-state index contributed by atoms with van der Waals surface area (Å²) in [7, 11) is 1.84. The molecule has 4 heterocycles. The van der Waals surface area contributed by atoms with Crippen LogP contribution in [0.1, 0.15) is 12.5 Å². The first-order valence-electron chi connectivity index (χ1n) is 9.91. The van der Waals surface area contributed by atoms with Crippen LogP contribution in [0.25, 0.3) is 5.82 Å². The van der Waals surface area contributed by atoms with Crippen LogP contribution < -0.4 is 10.2 Å². The molecule has 1 saturated heterocycles. The Balaban J connectivity index is 0.00000272. The Morgan fingerprint density at radius 3 is 2.81 bits per heavy atom. The summed E-state index contributed by atoms with van der Waals surface area (Å²) in [6.07, 6.45) is 8.90. The lowest BCUT2D eigenvalue weighted by Gasteiger charge is -2.35. The van der Waals surface area contributed by atoms with Crippen molar-refractivity contribution in [3.63, 3.8) is 0 Å². The highest BCUT2D eigenvalue weighted by molar-refractivity contribution is 14.0. The van der Waals surface area contributed by atoms with Gasteiger partial charge in [0.05, 0.1) is 18.4 Å². The summed E-state index contributed by atoms with van der Waals surface area (Å²) >= 11 is 0. The van der Waals surface area contributed by atoms with E-state index in [4.69, 9.17) is 4.99 Å². The highest BCUT2D eigenvalue weighted by Crippen LogP contribution is 2.16. The molecule has 11 heteroatoms. The largest absolute Gasteiger partial charge is 0.356 e. The van der Waals surface area contributed by atoms with E-state index < -0.39 is 0 Å². The SMILES string of the molecule is CCNC(=NCc1ccnc(-n2cccn2)c1)N1CCN(c2cnn(C)c2)C(=O)C1.I. The number of guanidine groups is 1. The lowest BCUT2D eigenvalue weighted by Crippen LogP contribution is -2.55. The maximum Gasteiger partial charge on any atom is 0.246 e. The number of hydrogen-bond donors (Lipinski definition) is 1. The van der Waals surface area contributed by atoms with E-state index in [1.165, 1.54) is 0 Å². The summed E-state index contributed by atoms with van der Waals surface area (Å²) in [6.45, 7) is 4.79. The van der Waals surface area contributed by atoms with E-state index >= 15 is 0 Å². The predicted octanol–water partition coefficient (Wildman–Crippen LogP) is 1.43. The monoisotopic (exact) mass is 535 g/mol. The van der Waals surface area contributed by atoms with Gasteiger partial charge in [-0.05, 0) is 30.7 Å². The summed E-state index contributed by atoms with van der Waals surface area (Å²) < 4.78 is 3.42. The van der Waals surface area contributed by atoms with Crippen molar-refractivity contribution in [1.29, 1.82) is 0 Å². The van der Waals surface area contributed by atoms with Crippen LogP contribution in [0.2, 0.25) is 0 Å². The number of nitrogens with one attached hydrogen (secondary N) is 1. The number of aryl methyl sites for hydroxylation is 1. The Labute approximate surface area is 198 Å². The van der Waals surface area contributed by atoms with Crippen molar-refractivity contribution in [3.05, 3.63) is 54.7 Å². The van der Waals surface area contributed by atoms with E-state index in [0.29, 0.717) is 19.6 Å². The van der Waals surface area contributed by atoms with Gasteiger partial charge in [-0.3, -0.25) is 9.48 Å². The Morgan fingerprint density at radius 2 is 2.13 bits per heavy atom. The summed E-state index contributed by atoms with van der Waals surface area (Å²) in [6, 6.07) is 5.76. The first kappa shape index (κ1) is 22.7. The maximum absolute atomic E-state index is 12.7. The average molecular weight is 535 g/mol. The summed E-state index contributed by atoms with van der Waals surface area (Å²) in [5, 5.41) is 11.7. The van der Waals surface area contributed by atoms with Crippen LogP contribution in [0.3, 0.4) is 0 Å². The summed E-state index contributed by atoms with van der Waals surface area (Å²) in [4.78, 5) is 25.6. The average Bonchev–Trinajstić information content (AvgIpc) is 3.43. The molecule has 0 bridgehead atoms. The fraction of sp³-hybridized carbons (Fsp3) is 0.350. The van der Waals surface area contributed by atoms with Crippen molar-refractivity contribution in [3.8, 4) is 5.82 Å². The highest BCUT2D eigenvalue weighted by Gasteiger charge is 2.27. The third kappa shape index (κ3) is 5.40. The van der Waals surface area contributed by atoms with E-state index in [2.05, 4.69) is 20.5 Å². The quantitative estimate of drug-likeness (QED) is 0.302. The number of amides is 1. The molecule has 4 rings (SSSR count). The molecule has 1 N–H and O–H groups in total. The van der Waals surface area contributed by atoms with Gasteiger partial charge in [0.25, 0.3) is 0 Å². The first-order valence-corrected chi connectivity index (χ1v) is 9.91. The molecule has 0 atom stereocenters. The molecule has 1 amide bonds. The zero-order valence-corrected chi connectivity index (χ0v) is 19.9. The second-order valence-corrected chi connectivity index (χ2v) is 6.98. The van der Waals surface area contributed by atoms with Crippen LogP contribution >= 0.6 is 24.0 Å². The van der Waals surface area contributed by atoms with Crippen LogP contribution in [-0.4, -0.2) is 67.5 Å². The number of halogens is 1. The molecule has 3 aromatic rings. The van der Waals surface area contributed by atoms with Crippen molar-refractivity contribution < 1.29 is 4.79 Å². The van der Waals surface area contributed by atoms with Crippen molar-refractivity contribution in [2.24, 2.45) is 12.0 Å². The molecular formula is C20H26IN9O. The third-order valence-electron chi connectivity index (χ3n) is 4.82. The molecule has 0 spiro atoms. The van der Waals surface area contributed by atoms with E-state index in [1.54, 1.807) is 32.9 Å². The maximum atomic E-state index is 12.7. The molecule has 31 heavy (non-hydrogen) atoms. The van der Waals surface area contributed by atoms with Gasteiger partial charge in [-0.1, -0.05) is 0 Å². The van der Waals surface area contributed by atoms with Gasteiger partial charge < -0.3 is 15.1 Å². The summed E-state index contributed by atoms with van der Waals surface area (Å²) in [5.74, 6) is 1.51. The van der Waals surface area contributed by atoms with Crippen molar-refractivity contribution in [1.82, 2.24) is 34.8 Å². The Hall–Kier alpha value is -2.96. The van der Waals surface area contributed by atoms with Crippen LogP contribution in [0, 0.1) is 0 Å². The number of anilines is 1. The fourth-order valence-corrected chi connectivity index (χ4v) is 3.36. The number of rotatable bonds is 5. The molecule has 164 valence electrons. The predicted molar refractivity (Wildman–Crippen MR) is 129 cm³/mol. The minimum atomic E-state index is 0. The molecule has 10 nitrogen and oxygen atoms in total. The molecular weight excluding hydrogens is 509 g/mol. The number of carbonyl (C=O) groups is 1. The number of carbonyl (C=O) groups excluding carboxylic acids is 1. The molecule has 0 unspecified atom stereocenters. The lowest BCUT2D eigenvalue weighted by molar-refractivity contribution is -0.120. The van der Waals surface area contributed by atoms with Gasteiger partial charge >= 0.3 is 0 Å². The highest BCUT2D eigenvalue weighted by atomic mass is 127. The molecule has 1 aliphatic heterocycles. The van der Waals surface area contributed by atoms with E-state index in [1.807, 2.05) is 49.5 Å². The van der Waals surface area contributed by atoms with Crippen molar-refractivity contribution >= 4 is 41.5 Å². The number of aromatic nitrogens is 5. The Kier molecular flexibility index (Phi) is 7.60. The van der Waals surface area contributed by atoms with Gasteiger partial charge in [0, 0.05) is 51.5 Å². The van der Waals surface area contributed by atoms with Gasteiger partial charge in [0.1, 0.15) is 6.54 Å². The van der Waals surface area contributed by atoms with Crippen LogP contribution in [0.4, 0.5) is 5.69 Å². The van der Waals surface area contributed by atoms with Crippen molar-refractivity contribution in [2.45, 2.75) is 13.5 Å². The van der Waals surface area contributed by atoms with Gasteiger partial charge in [0.2, 0.25) is 5.91 Å². The number of aliphatic imine (C=N–C) groups is 1. The van der Waals surface area contributed by atoms with Gasteiger partial charge in [0.15, 0.2) is 11.8 Å². The zero-order valence-electron chi connectivity index (χ0n) is 17.5. The van der Waals surface area contributed by atoms with Gasteiger partial charge in [-0.25, -0.2) is 14.7 Å². The Morgan fingerprint density at radius 1 is 1.26 bits per heavy atom. The molecule has 1 aliphatic rings. The lowest BCUT2D eigenvalue weighted by atomic mass is 10.2. The second-order valence-electron chi connectivity index (χ2n) is 6.98. The van der Waals surface area contributed by atoms with Gasteiger partial charge in [-0.15, -0.1) is 24.0 Å². The fourth-order valence-electron chi connectivity index (χ4n) is 3.36. The minimum Gasteiger partial charge on any atom is -0.356 e. The minimum absolute atomic E-state index is 0. The van der Waals surface area contributed by atoms with Crippen molar-refractivity contribution in [2.75, 3.05) is 31.1 Å². The van der Waals surface area contributed by atoms with E-state index in [-0.39, 0.29) is 36.4 Å². The number of piperazine rings is 1. The van der Waals surface area contributed by atoms with Crippen LogP contribution in [0.5, 0.6) is 0 Å². The first-order chi connectivity index (χ1) is 14.6. The normalized spacial score (nSPS) is 14.5. The molecule has 3 aromatic heterocycles. The molecule has 0 saturated carbocycles. The van der Waals surface area contributed by atoms with E-state index in [0.717, 1.165) is 29.6 Å². The summed E-state index contributed by atoms with van der Waals surface area (Å²) in [5.41, 5.74) is 1.85. The molecule has 1 fully saturated rings. The number of hydrogen-bond acceptors (Lipinski definition) is 5. The standard InChI is InChI=1S/C20H25N9O.HI/c1-3-21-20(23-12-16-5-7-22-18(11-16)29-8-4-6-24-29)27-9-10-28(19(30)15-27)17-13-25-26(2)14-17;/h4-8,11,13-14H,3,9-10,12,15H2,1-2H3,(H,21,23);1H. The molecule has 0 aliphatic carbocycles. The number of pyridine rings is 1.